The molecule has 2 aromatic carbocycles. The van der Waals surface area contributed by atoms with Crippen molar-refractivity contribution in [1.82, 2.24) is 4.31 Å². The van der Waals surface area contributed by atoms with Gasteiger partial charge in [0.15, 0.2) is 0 Å². The topological polar surface area (TPSA) is 83.6 Å². The molecule has 0 aliphatic rings. The largest absolute Gasteiger partial charge is 0.508 e. The van der Waals surface area contributed by atoms with Gasteiger partial charge in [0.2, 0.25) is 10.0 Å². The molecule has 2 aromatic rings. The molecule has 21 heavy (non-hydrogen) atoms. The molecule has 0 heterocycles. The van der Waals surface area contributed by atoms with Crippen LogP contribution in [0.1, 0.15) is 5.56 Å². The minimum atomic E-state index is -3.71. The van der Waals surface area contributed by atoms with Crippen LogP contribution in [0.3, 0.4) is 0 Å². The quantitative estimate of drug-likeness (QED) is 0.845. The standard InChI is InChI=1S/C14H15ClN2O3S/c1-17(9-10-4-2-3-5-14(10)18)21(19,20)11-6-7-12(15)13(16)8-11/h2-8,18H,9,16H2,1H3. The average molecular weight is 327 g/mol. The van der Waals surface area contributed by atoms with Crippen LogP contribution in [-0.2, 0) is 16.6 Å². The van der Waals surface area contributed by atoms with E-state index in [2.05, 4.69) is 0 Å². The third kappa shape index (κ3) is 3.29. The first-order valence-corrected chi connectivity index (χ1v) is 7.92. The number of nitrogens with zero attached hydrogens (tertiary/aromatic N) is 1. The van der Waals surface area contributed by atoms with Gasteiger partial charge in [0.05, 0.1) is 15.6 Å². The van der Waals surface area contributed by atoms with Gasteiger partial charge in [-0.15, -0.1) is 0 Å². The van der Waals surface area contributed by atoms with Crippen LogP contribution in [0.4, 0.5) is 5.69 Å². The molecule has 0 aromatic heterocycles. The number of phenolic OH excluding ortho intramolecular Hbond substituents is 1. The highest BCUT2D eigenvalue weighted by atomic mass is 35.5. The number of sulfonamides is 1. The van der Waals surface area contributed by atoms with Crippen molar-refractivity contribution in [1.29, 1.82) is 0 Å². The molecule has 0 amide bonds. The van der Waals surface area contributed by atoms with E-state index in [1.807, 2.05) is 0 Å². The lowest BCUT2D eigenvalue weighted by Gasteiger charge is -2.18. The summed E-state index contributed by atoms with van der Waals surface area (Å²) in [6.45, 7) is 0.0531. The van der Waals surface area contributed by atoms with Crippen molar-refractivity contribution < 1.29 is 13.5 Å². The summed E-state index contributed by atoms with van der Waals surface area (Å²) in [6.07, 6.45) is 0. The number of aromatic hydroxyl groups is 1. The van der Waals surface area contributed by atoms with E-state index >= 15 is 0 Å². The summed E-state index contributed by atoms with van der Waals surface area (Å²) in [7, 11) is -2.27. The second-order valence-corrected chi connectivity index (χ2v) is 7.03. The molecular weight excluding hydrogens is 312 g/mol. The molecule has 0 bridgehead atoms. The van der Waals surface area contributed by atoms with Crippen molar-refractivity contribution in [2.24, 2.45) is 0 Å². The van der Waals surface area contributed by atoms with Gasteiger partial charge >= 0.3 is 0 Å². The fourth-order valence-corrected chi connectivity index (χ4v) is 3.13. The maximum Gasteiger partial charge on any atom is 0.243 e. The molecule has 0 saturated carbocycles. The second-order valence-electron chi connectivity index (χ2n) is 4.57. The lowest BCUT2D eigenvalue weighted by Crippen LogP contribution is -2.26. The van der Waals surface area contributed by atoms with Crippen molar-refractivity contribution >= 4 is 27.3 Å². The number of hydrogen-bond acceptors (Lipinski definition) is 4. The number of phenols is 1. The van der Waals surface area contributed by atoms with Crippen molar-refractivity contribution in [2.45, 2.75) is 11.4 Å². The molecule has 0 unspecified atom stereocenters. The third-order valence-corrected chi connectivity index (χ3v) is 5.20. The van der Waals surface area contributed by atoms with Gasteiger partial charge in [0.25, 0.3) is 0 Å². The van der Waals surface area contributed by atoms with Crippen LogP contribution in [0.2, 0.25) is 5.02 Å². The van der Waals surface area contributed by atoms with E-state index in [1.54, 1.807) is 18.2 Å². The first-order valence-electron chi connectivity index (χ1n) is 6.10. The molecule has 2 rings (SSSR count). The van der Waals surface area contributed by atoms with Gasteiger partial charge in [-0.1, -0.05) is 29.8 Å². The molecule has 0 fully saturated rings. The molecule has 0 saturated heterocycles. The highest BCUT2D eigenvalue weighted by molar-refractivity contribution is 7.89. The first kappa shape index (κ1) is 15.6. The minimum absolute atomic E-state index is 0.0511. The first-order chi connectivity index (χ1) is 9.82. The maximum atomic E-state index is 12.5. The van der Waals surface area contributed by atoms with E-state index in [4.69, 9.17) is 17.3 Å². The number of benzene rings is 2. The monoisotopic (exact) mass is 326 g/mol. The Bertz CT molecular complexity index is 763. The Morgan fingerprint density at radius 2 is 1.90 bits per heavy atom. The summed E-state index contributed by atoms with van der Waals surface area (Å²) in [5.74, 6) is 0.0511. The highest BCUT2D eigenvalue weighted by Crippen LogP contribution is 2.26. The summed E-state index contributed by atoms with van der Waals surface area (Å²) in [5.41, 5.74) is 6.36. The molecule has 0 radical (unpaired) electrons. The Balaban J connectivity index is 2.30. The van der Waals surface area contributed by atoms with Crippen molar-refractivity contribution in [2.75, 3.05) is 12.8 Å². The lowest BCUT2D eigenvalue weighted by molar-refractivity contribution is 0.436. The number of halogens is 1. The van der Waals surface area contributed by atoms with Crippen LogP contribution in [-0.4, -0.2) is 24.9 Å². The Morgan fingerprint density at radius 3 is 2.52 bits per heavy atom. The molecule has 3 N–H and O–H groups in total. The van der Waals surface area contributed by atoms with Crippen molar-refractivity contribution in [3.63, 3.8) is 0 Å². The van der Waals surface area contributed by atoms with Gasteiger partial charge in [-0.25, -0.2) is 8.42 Å². The summed E-state index contributed by atoms with van der Waals surface area (Å²) in [5, 5.41) is 10.0. The third-order valence-electron chi connectivity index (χ3n) is 3.06. The van der Waals surface area contributed by atoms with Gasteiger partial charge in [-0.05, 0) is 24.3 Å². The Labute approximate surface area is 128 Å². The summed E-state index contributed by atoms with van der Waals surface area (Å²) >= 11 is 5.79. The van der Waals surface area contributed by atoms with Gasteiger partial charge in [0, 0.05) is 19.2 Å². The van der Waals surface area contributed by atoms with Crippen molar-refractivity contribution in [3.05, 3.63) is 53.1 Å². The van der Waals surface area contributed by atoms with Gasteiger partial charge in [0.1, 0.15) is 5.75 Å². The van der Waals surface area contributed by atoms with Crippen LogP contribution < -0.4 is 5.73 Å². The SMILES string of the molecule is CN(Cc1ccccc1O)S(=O)(=O)c1ccc(Cl)c(N)c1. The zero-order valence-electron chi connectivity index (χ0n) is 11.3. The van der Waals surface area contributed by atoms with E-state index in [0.717, 1.165) is 4.31 Å². The summed E-state index contributed by atoms with van der Waals surface area (Å²) < 4.78 is 26.1. The van der Waals surface area contributed by atoms with Crippen LogP contribution in [0.15, 0.2) is 47.4 Å². The summed E-state index contributed by atoms with van der Waals surface area (Å²) in [4.78, 5) is 0.0577. The second kappa shape index (κ2) is 5.93. The van der Waals surface area contributed by atoms with Crippen LogP contribution in [0.25, 0.3) is 0 Å². The molecule has 112 valence electrons. The Kier molecular flexibility index (Phi) is 4.41. The zero-order chi connectivity index (χ0) is 15.6. The van der Waals surface area contributed by atoms with Gasteiger partial charge in [-0.3, -0.25) is 0 Å². The van der Waals surface area contributed by atoms with Gasteiger partial charge in [-0.2, -0.15) is 4.31 Å². The lowest BCUT2D eigenvalue weighted by atomic mass is 10.2. The number of nitrogen functional groups attached to an aromatic ring is 1. The summed E-state index contributed by atoms with van der Waals surface area (Å²) in [6, 6.07) is 10.7. The Morgan fingerprint density at radius 1 is 1.24 bits per heavy atom. The van der Waals surface area contributed by atoms with E-state index in [9.17, 15) is 13.5 Å². The van der Waals surface area contributed by atoms with Crippen LogP contribution >= 0.6 is 11.6 Å². The maximum absolute atomic E-state index is 12.5. The number of anilines is 1. The molecular formula is C14H15ClN2O3S. The Hall–Kier alpha value is -1.76. The molecule has 7 heteroatoms. The predicted molar refractivity (Wildman–Crippen MR) is 82.6 cm³/mol. The van der Waals surface area contributed by atoms with Crippen molar-refractivity contribution in [3.8, 4) is 5.75 Å². The molecule has 5 nitrogen and oxygen atoms in total. The normalized spacial score (nSPS) is 11.8. The number of hydrogen-bond donors (Lipinski definition) is 2. The smallest absolute Gasteiger partial charge is 0.243 e. The fourth-order valence-electron chi connectivity index (χ4n) is 1.83. The minimum Gasteiger partial charge on any atom is -0.508 e. The predicted octanol–water partition coefficient (Wildman–Crippen LogP) is 2.45. The van der Waals surface area contributed by atoms with Crippen LogP contribution in [0, 0.1) is 0 Å². The fraction of sp³-hybridized carbons (Fsp3) is 0.143. The molecule has 0 atom stereocenters. The van der Waals surface area contributed by atoms with Crippen LogP contribution in [0.5, 0.6) is 5.75 Å². The molecule has 0 aliphatic heterocycles. The van der Waals surface area contributed by atoms with E-state index in [0.29, 0.717) is 10.6 Å². The van der Waals surface area contributed by atoms with E-state index in [-0.39, 0.29) is 22.9 Å². The van der Waals surface area contributed by atoms with Gasteiger partial charge < -0.3 is 10.8 Å². The highest BCUT2D eigenvalue weighted by Gasteiger charge is 2.22. The molecule has 0 spiro atoms. The number of nitrogens with two attached hydrogens (primary N) is 1. The van der Waals surface area contributed by atoms with E-state index < -0.39 is 10.0 Å². The van der Waals surface area contributed by atoms with E-state index in [1.165, 1.54) is 31.3 Å². The average Bonchev–Trinajstić information content (AvgIpc) is 2.44. The number of para-hydroxylation sites is 1. The molecule has 0 aliphatic carbocycles. The number of rotatable bonds is 4. The zero-order valence-corrected chi connectivity index (χ0v) is 12.9.